The van der Waals surface area contributed by atoms with Crippen molar-refractivity contribution in [3.05, 3.63) is 81.8 Å². The van der Waals surface area contributed by atoms with Crippen molar-refractivity contribution < 1.29 is 14.3 Å². The van der Waals surface area contributed by atoms with Crippen LogP contribution >= 0.6 is 23.2 Å². The van der Waals surface area contributed by atoms with Gasteiger partial charge in [-0.3, -0.25) is 4.79 Å². The Balaban J connectivity index is 1.62. The molecule has 0 aliphatic rings. The van der Waals surface area contributed by atoms with Crippen molar-refractivity contribution in [3.8, 4) is 11.5 Å². The Kier molecular flexibility index (Phi) is 8.87. The SMILES string of the molecule is CCOc1cc(CNc2ccc(NC(=O)C(C)C)cc2)ccc1OCc1ccc(Cl)cc1Cl. The molecule has 0 saturated carbocycles. The molecule has 0 aromatic heterocycles. The minimum absolute atomic E-state index is 0.000180. The molecule has 0 fully saturated rings. The number of halogens is 2. The van der Waals surface area contributed by atoms with Gasteiger partial charge in [-0.25, -0.2) is 0 Å². The summed E-state index contributed by atoms with van der Waals surface area (Å²) in [7, 11) is 0. The van der Waals surface area contributed by atoms with E-state index in [9.17, 15) is 4.79 Å². The minimum atomic E-state index is -0.0579. The van der Waals surface area contributed by atoms with Crippen LogP contribution in [-0.2, 0) is 17.9 Å². The lowest BCUT2D eigenvalue weighted by Crippen LogP contribution is -2.17. The van der Waals surface area contributed by atoms with E-state index in [0.717, 1.165) is 22.5 Å². The number of ether oxygens (including phenoxy) is 2. The van der Waals surface area contributed by atoms with Crippen molar-refractivity contribution in [2.45, 2.75) is 33.9 Å². The highest BCUT2D eigenvalue weighted by atomic mass is 35.5. The van der Waals surface area contributed by atoms with Crippen LogP contribution in [0.15, 0.2) is 60.7 Å². The zero-order valence-corrected chi connectivity index (χ0v) is 20.5. The number of hydrogen-bond donors (Lipinski definition) is 2. The fourth-order valence-electron chi connectivity index (χ4n) is 3.01. The second-order valence-electron chi connectivity index (χ2n) is 7.81. The Morgan fingerprint density at radius 2 is 1.64 bits per heavy atom. The maximum absolute atomic E-state index is 11.8. The Hall–Kier alpha value is -2.89. The van der Waals surface area contributed by atoms with Gasteiger partial charge in [0.1, 0.15) is 6.61 Å². The lowest BCUT2D eigenvalue weighted by molar-refractivity contribution is -0.118. The normalized spacial score (nSPS) is 10.7. The van der Waals surface area contributed by atoms with Crippen molar-refractivity contribution in [2.24, 2.45) is 5.92 Å². The molecule has 0 aliphatic heterocycles. The van der Waals surface area contributed by atoms with Crippen molar-refractivity contribution in [1.82, 2.24) is 0 Å². The van der Waals surface area contributed by atoms with Gasteiger partial charge in [-0.15, -0.1) is 0 Å². The molecule has 3 aromatic carbocycles. The summed E-state index contributed by atoms with van der Waals surface area (Å²) in [5.41, 5.74) is 3.63. The van der Waals surface area contributed by atoms with E-state index in [1.165, 1.54) is 0 Å². The number of benzene rings is 3. The molecule has 7 heteroatoms. The Morgan fingerprint density at radius 3 is 2.30 bits per heavy atom. The fourth-order valence-corrected chi connectivity index (χ4v) is 3.47. The molecule has 0 aliphatic carbocycles. The predicted octanol–water partition coefficient (Wildman–Crippen LogP) is 7.18. The summed E-state index contributed by atoms with van der Waals surface area (Å²) in [6.45, 7) is 7.12. The van der Waals surface area contributed by atoms with E-state index in [-0.39, 0.29) is 11.8 Å². The number of rotatable bonds is 10. The zero-order chi connectivity index (χ0) is 23.8. The van der Waals surface area contributed by atoms with Gasteiger partial charge in [0.2, 0.25) is 5.91 Å². The van der Waals surface area contributed by atoms with Crippen molar-refractivity contribution in [1.29, 1.82) is 0 Å². The van der Waals surface area contributed by atoms with Gasteiger partial charge in [0.15, 0.2) is 11.5 Å². The van der Waals surface area contributed by atoms with Gasteiger partial charge in [0, 0.05) is 39.4 Å². The molecule has 3 aromatic rings. The van der Waals surface area contributed by atoms with E-state index >= 15 is 0 Å². The predicted molar refractivity (Wildman–Crippen MR) is 136 cm³/mol. The first-order valence-corrected chi connectivity index (χ1v) is 11.6. The van der Waals surface area contributed by atoms with E-state index in [1.54, 1.807) is 12.1 Å². The molecule has 0 atom stereocenters. The van der Waals surface area contributed by atoms with Crippen molar-refractivity contribution in [3.63, 3.8) is 0 Å². The van der Waals surface area contributed by atoms with Gasteiger partial charge in [0.25, 0.3) is 0 Å². The molecule has 174 valence electrons. The van der Waals surface area contributed by atoms with Crippen molar-refractivity contribution >= 4 is 40.5 Å². The zero-order valence-electron chi connectivity index (χ0n) is 19.0. The topological polar surface area (TPSA) is 59.6 Å². The Bertz CT molecular complexity index is 1090. The van der Waals surface area contributed by atoms with Gasteiger partial charge in [-0.2, -0.15) is 0 Å². The molecule has 5 nitrogen and oxygen atoms in total. The third kappa shape index (κ3) is 7.31. The first kappa shape index (κ1) is 24.7. The first-order chi connectivity index (χ1) is 15.9. The van der Waals surface area contributed by atoms with Gasteiger partial charge in [-0.05, 0) is 61.0 Å². The number of amides is 1. The van der Waals surface area contributed by atoms with Crippen LogP contribution in [0.25, 0.3) is 0 Å². The smallest absolute Gasteiger partial charge is 0.226 e. The minimum Gasteiger partial charge on any atom is -0.490 e. The van der Waals surface area contributed by atoms with Crippen LogP contribution in [0.4, 0.5) is 11.4 Å². The maximum atomic E-state index is 11.8. The van der Waals surface area contributed by atoms with E-state index in [4.69, 9.17) is 32.7 Å². The first-order valence-electron chi connectivity index (χ1n) is 10.8. The number of hydrogen-bond acceptors (Lipinski definition) is 4. The number of carbonyl (C=O) groups is 1. The summed E-state index contributed by atoms with van der Waals surface area (Å²) in [4.78, 5) is 11.8. The van der Waals surface area contributed by atoms with E-state index in [2.05, 4.69) is 10.6 Å². The Labute approximate surface area is 205 Å². The van der Waals surface area contributed by atoms with Crippen LogP contribution in [0.2, 0.25) is 10.0 Å². The summed E-state index contributed by atoms with van der Waals surface area (Å²) >= 11 is 12.2. The average Bonchev–Trinajstić information content (AvgIpc) is 2.79. The van der Waals surface area contributed by atoms with Gasteiger partial charge in [-0.1, -0.05) is 49.2 Å². The maximum Gasteiger partial charge on any atom is 0.226 e. The molecule has 0 spiro atoms. The molecule has 0 radical (unpaired) electrons. The summed E-state index contributed by atoms with van der Waals surface area (Å²) in [6, 6.07) is 18.8. The summed E-state index contributed by atoms with van der Waals surface area (Å²) in [6.07, 6.45) is 0. The van der Waals surface area contributed by atoms with Gasteiger partial charge >= 0.3 is 0 Å². The number of anilines is 2. The van der Waals surface area contributed by atoms with Crippen LogP contribution < -0.4 is 20.1 Å². The van der Waals surface area contributed by atoms with Crippen LogP contribution in [-0.4, -0.2) is 12.5 Å². The van der Waals surface area contributed by atoms with E-state index < -0.39 is 0 Å². The summed E-state index contributed by atoms with van der Waals surface area (Å²) in [5, 5.41) is 7.43. The van der Waals surface area contributed by atoms with Crippen LogP contribution in [0.1, 0.15) is 31.9 Å². The number of nitrogens with one attached hydrogen (secondary N) is 2. The highest BCUT2D eigenvalue weighted by Gasteiger charge is 2.10. The van der Waals surface area contributed by atoms with Crippen LogP contribution in [0, 0.1) is 5.92 Å². The number of carbonyl (C=O) groups excluding carboxylic acids is 1. The quantitative estimate of drug-likeness (QED) is 0.318. The monoisotopic (exact) mass is 486 g/mol. The largest absolute Gasteiger partial charge is 0.490 e. The average molecular weight is 487 g/mol. The third-order valence-corrected chi connectivity index (χ3v) is 5.47. The molecule has 33 heavy (non-hydrogen) atoms. The van der Waals surface area contributed by atoms with Crippen LogP contribution in [0.3, 0.4) is 0 Å². The molecule has 0 heterocycles. The standard InChI is InChI=1S/C26H28Cl2N2O3/c1-4-32-25-13-18(5-12-24(25)33-16-19-6-7-20(27)14-23(19)28)15-29-21-8-10-22(11-9-21)30-26(31)17(2)3/h5-14,17,29H,4,15-16H2,1-3H3,(H,30,31). The Morgan fingerprint density at radius 1 is 0.909 bits per heavy atom. The molecule has 2 N–H and O–H groups in total. The molecular formula is C26H28Cl2N2O3. The van der Waals surface area contributed by atoms with Crippen LogP contribution in [0.5, 0.6) is 11.5 Å². The lowest BCUT2D eigenvalue weighted by Gasteiger charge is -2.15. The molecule has 0 saturated heterocycles. The molecular weight excluding hydrogens is 459 g/mol. The molecule has 3 rings (SSSR count). The third-order valence-electron chi connectivity index (χ3n) is 4.88. The van der Waals surface area contributed by atoms with Gasteiger partial charge in [0.05, 0.1) is 6.61 Å². The van der Waals surface area contributed by atoms with Gasteiger partial charge < -0.3 is 20.1 Å². The fraction of sp³-hybridized carbons (Fsp3) is 0.269. The van der Waals surface area contributed by atoms with E-state index in [0.29, 0.717) is 41.3 Å². The summed E-state index contributed by atoms with van der Waals surface area (Å²) < 4.78 is 11.8. The highest BCUT2D eigenvalue weighted by Crippen LogP contribution is 2.31. The molecule has 0 bridgehead atoms. The van der Waals surface area contributed by atoms with Crippen molar-refractivity contribution in [2.75, 3.05) is 17.2 Å². The second kappa shape index (κ2) is 11.8. The molecule has 1 amide bonds. The van der Waals surface area contributed by atoms with E-state index in [1.807, 2.05) is 69.3 Å². The second-order valence-corrected chi connectivity index (χ2v) is 8.66. The summed E-state index contributed by atoms with van der Waals surface area (Å²) in [5.74, 6) is 1.27. The lowest BCUT2D eigenvalue weighted by atomic mass is 10.2. The highest BCUT2D eigenvalue weighted by molar-refractivity contribution is 6.35. The molecule has 0 unspecified atom stereocenters.